The summed E-state index contributed by atoms with van der Waals surface area (Å²) in [6, 6.07) is 15.5. The topological polar surface area (TPSA) is 95.1 Å². The van der Waals surface area contributed by atoms with E-state index in [1.54, 1.807) is 43.3 Å². The fraction of sp³-hybridized carbons (Fsp3) is 0.125. The van der Waals surface area contributed by atoms with E-state index < -0.39 is 11.9 Å². The van der Waals surface area contributed by atoms with Crippen molar-refractivity contribution in [1.82, 2.24) is 4.57 Å². The zero-order valence-corrected chi connectivity index (χ0v) is 18.0. The van der Waals surface area contributed by atoms with Gasteiger partial charge in [0.25, 0.3) is 5.91 Å². The van der Waals surface area contributed by atoms with E-state index >= 15 is 0 Å². The first-order valence-electron chi connectivity index (χ1n) is 9.44. The number of carboxylic acids is 1. The van der Waals surface area contributed by atoms with Crippen molar-refractivity contribution in [3.63, 3.8) is 0 Å². The summed E-state index contributed by atoms with van der Waals surface area (Å²) in [4.78, 5) is 24.1. The van der Waals surface area contributed by atoms with E-state index in [4.69, 9.17) is 11.6 Å². The predicted octanol–water partition coefficient (Wildman–Crippen LogP) is 5.30. The highest BCUT2D eigenvalue weighted by molar-refractivity contribution is 6.30. The first kappa shape index (κ1) is 21.9. The molecule has 0 spiro atoms. The first-order valence-corrected chi connectivity index (χ1v) is 9.81. The van der Waals surface area contributed by atoms with E-state index in [1.807, 2.05) is 36.6 Å². The van der Waals surface area contributed by atoms with Gasteiger partial charge in [-0.2, -0.15) is 5.26 Å². The lowest BCUT2D eigenvalue weighted by atomic mass is 10.1. The molecular formula is C24H20ClN3O3. The second-order valence-electron chi connectivity index (χ2n) is 7.05. The maximum Gasteiger partial charge on any atom is 0.336 e. The van der Waals surface area contributed by atoms with Crippen LogP contribution in [0.3, 0.4) is 0 Å². The highest BCUT2D eigenvalue weighted by Crippen LogP contribution is 2.26. The van der Waals surface area contributed by atoms with E-state index in [0.717, 1.165) is 17.1 Å². The number of aromatic nitrogens is 1. The van der Waals surface area contributed by atoms with Gasteiger partial charge in [0.1, 0.15) is 11.6 Å². The summed E-state index contributed by atoms with van der Waals surface area (Å²) in [5, 5.41) is 22.2. The second-order valence-corrected chi connectivity index (χ2v) is 7.48. The van der Waals surface area contributed by atoms with Crippen molar-refractivity contribution < 1.29 is 14.7 Å². The number of nitrogens with one attached hydrogen (secondary N) is 1. The van der Waals surface area contributed by atoms with Gasteiger partial charge in [-0.05, 0) is 80.4 Å². The molecule has 0 atom stereocenters. The number of aryl methyl sites for hydroxylation is 1. The quantitative estimate of drug-likeness (QED) is 0.421. The molecule has 3 rings (SSSR count). The lowest BCUT2D eigenvalue weighted by molar-refractivity contribution is -0.112. The molecule has 3 aromatic rings. The maximum absolute atomic E-state index is 12.6. The molecule has 0 radical (unpaired) electrons. The number of amides is 1. The van der Waals surface area contributed by atoms with Crippen molar-refractivity contribution in [2.24, 2.45) is 0 Å². The molecule has 1 amide bonds. The van der Waals surface area contributed by atoms with E-state index in [9.17, 15) is 20.0 Å². The number of hydrogen-bond donors (Lipinski definition) is 2. The molecular weight excluding hydrogens is 414 g/mol. The molecule has 0 unspecified atom stereocenters. The van der Waals surface area contributed by atoms with Gasteiger partial charge in [0.05, 0.1) is 5.56 Å². The second kappa shape index (κ2) is 8.90. The molecule has 0 saturated heterocycles. The van der Waals surface area contributed by atoms with Gasteiger partial charge < -0.3 is 15.0 Å². The zero-order chi connectivity index (χ0) is 22.7. The number of aromatic carboxylic acids is 1. The minimum atomic E-state index is -0.993. The number of nitriles is 1. The predicted molar refractivity (Wildman–Crippen MR) is 121 cm³/mol. The Morgan fingerprint density at radius 1 is 1.13 bits per heavy atom. The van der Waals surface area contributed by atoms with Crippen molar-refractivity contribution in [2.75, 3.05) is 5.32 Å². The fourth-order valence-corrected chi connectivity index (χ4v) is 3.56. The third-order valence-electron chi connectivity index (χ3n) is 5.01. The summed E-state index contributed by atoms with van der Waals surface area (Å²) in [6.07, 6.45) is 1.53. The van der Waals surface area contributed by atoms with Crippen LogP contribution in [0, 0.1) is 32.1 Å². The standard InChI is InChI=1S/C24H20ClN3O3/c1-14-11-17(12-18(13-26)23(29)27-20-9-7-19(25)8-10-20)16(3)28(14)22-6-4-5-21(15(22)2)24(30)31/h4-12H,1-3H3,(H,27,29)(H,30,31)/b18-12-. The Kier molecular flexibility index (Phi) is 6.28. The summed E-state index contributed by atoms with van der Waals surface area (Å²) in [5.41, 5.74) is 4.41. The highest BCUT2D eigenvalue weighted by Gasteiger charge is 2.17. The Morgan fingerprint density at radius 2 is 1.81 bits per heavy atom. The van der Waals surface area contributed by atoms with E-state index in [0.29, 0.717) is 21.8 Å². The molecule has 0 aliphatic rings. The Bertz CT molecular complexity index is 1250. The number of carbonyl (C=O) groups excluding carboxylic acids is 1. The normalized spacial score (nSPS) is 11.1. The number of carboxylic acid groups (broad SMARTS) is 1. The van der Waals surface area contributed by atoms with Crippen LogP contribution >= 0.6 is 11.6 Å². The first-order chi connectivity index (χ1) is 14.7. The average molecular weight is 434 g/mol. The Hall–Kier alpha value is -3.82. The van der Waals surface area contributed by atoms with Gasteiger partial charge in [-0.3, -0.25) is 4.79 Å². The van der Waals surface area contributed by atoms with Crippen molar-refractivity contribution >= 4 is 35.2 Å². The molecule has 0 aliphatic heterocycles. The third-order valence-corrected chi connectivity index (χ3v) is 5.27. The Labute approximate surface area is 185 Å². The van der Waals surface area contributed by atoms with Gasteiger partial charge in [-0.1, -0.05) is 17.7 Å². The number of anilines is 1. The van der Waals surface area contributed by atoms with Crippen LogP contribution in [-0.4, -0.2) is 21.6 Å². The van der Waals surface area contributed by atoms with Crippen LogP contribution in [0.1, 0.15) is 32.9 Å². The summed E-state index contributed by atoms with van der Waals surface area (Å²) in [5.74, 6) is -1.52. The summed E-state index contributed by atoms with van der Waals surface area (Å²) in [7, 11) is 0. The Morgan fingerprint density at radius 3 is 2.42 bits per heavy atom. The van der Waals surface area contributed by atoms with Crippen molar-refractivity contribution in [2.45, 2.75) is 20.8 Å². The van der Waals surface area contributed by atoms with Crippen LogP contribution in [0.25, 0.3) is 11.8 Å². The number of hydrogen-bond acceptors (Lipinski definition) is 3. The molecule has 0 aliphatic carbocycles. The number of halogens is 1. The molecule has 31 heavy (non-hydrogen) atoms. The fourth-order valence-electron chi connectivity index (χ4n) is 3.44. The highest BCUT2D eigenvalue weighted by atomic mass is 35.5. The van der Waals surface area contributed by atoms with Gasteiger partial charge in [-0.15, -0.1) is 0 Å². The molecule has 0 fully saturated rings. The van der Waals surface area contributed by atoms with E-state index in [1.165, 1.54) is 6.08 Å². The smallest absolute Gasteiger partial charge is 0.336 e. The molecule has 2 N–H and O–H groups in total. The third kappa shape index (κ3) is 4.52. The lowest BCUT2D eigenvalue weighted by Gasteiger charge is -2.14. The summed E-state index contributed by atoms with van der Waals surface area (Å²) < 4.78 is 1.92. The molecule has 6 nitrogen and oxygen atoms in total. The largest absolute Gasteiger partial charge is 0.478 e. The molecule has 7 heteroatoms. The van der Waals surface area contributed by atoms with Crippen LogP contribution < -0.4 is 5.32 Å². The van der Waals surface area contributed by atoms with Crippen LogP contribution in [0.5, 0.6) is 0 Å². The van der Waals surface area contributed by atoms with Gasteiger partial charge in [0.15, 0.2) is 0 Å². The number of benzene rings is 2. The van der Waals surface area contributed by atoms with Crippen LogP contribution in [0.15, 0.2) is 54.1 Å². The number of nitrogens with zero attached hydrogens (tertiary/aromatic N) is 2. The molecule has 1 heterocycles. The maximum atomic E-state index is 12.6. The van der Waals surface area contributed by atoms with E-state index in [-0.39, 0.29) is 11.1 Å². The molecule has 1 aromatic heterocycles. The SMILES string of the molecule is Cc1c(C(=O)O)cccc1-n1c(C)cc(/C=C(/C#N)C(=O)Nc2ccc(Cl)cc2)c1C. The molecule has 2 aromatic carbocycles. The van der Waals surface area contributed by atoms with Crippen LogP contribution in [0.2, 0.25) is 5.02 Å². The summed E-state index contributed by atoms with van der Waals surface area (Å²) >= 11 is 5.86. The van der Waals surface area contributed by atoms with Gasteiger partial charge in [-0.25, -0.2) is 4.79 Å². The minimum Gasteiger partial charge on any atom is -0.478 e. The molecule has 156 valence electrons. The van der Waals surface area contributed by atoms with Gasteiger partial charge >= 0.3 is 5.97 Å². The van der Waals surface area contributed by atoms with Crippen molar-refractivity contribution in [3.8, 4) is 11.8 Å². The minimum absolute atomic E-state index is 0.0498. The van der Waals surface area contributed by atoms with Crippen molar-refractivity contribution in [1.29, 1.82) is 5.26 Å². The number of carbonyl (C=O) groups is 2. The average Bonchev–Trinajstić information content (AvgIpc) is 3.00. The number of rotatable bonds is 5. The zero-order valence-electron chi connectivity index (χ0n) is 17.2. The van der Waals surface area contributed by atoms with Crippen LogP contribution in [0.4, 0.5) is 5.69 Å². The summed E-state index contributed by atoms with van der Waals surface area (Å²) in [6.45, 7) is 5.50. The monoisotopic (exact) mass is 433 g/mol. The van der Waals surface area contributed by atoms with Crippen molar-refractivity contribution in [3.05, 3.63) is 87.2 Å². The van der Waals surface area contributed by atoms with E-state index in [2.05, 4.69) is 5.32 Å². The molecule has 0 saturated carbocycles. The Balaban J connectivity index is 1.99. The van der Waals surface area contributed by atoms with Crippen LogP contribution in [-0.2, 0) is 4.79 Å². The lowest BCUT2D eigenvalue weighted by Crippen LogP contribution is -2.13. The van der Waals surface area contributed by atoms with Gasteiger partial charge in [0, 0.05) is 27.8 Å². The van der Waals surface area contributed by atoms with Gasteiger partial charge in [0.2, 0.25) is 0 Å². The molecule has 0 bridgehead atoms.